The van der Waals surface area contributed by atoms with Gasteiger partial charge in [0.2, 0.25) is 0 Å². The van der Waals surface area contributed by atoms with Crippen LogP contribution in [0.5, 0.6) is 0 Å². The zero-order chi connectivity index (χ0) is 40.4. The number of rotatable bonds is 4. The van der Waals surface area contributed by atoms with Crippen LogP contribution in [0, 0.1) is 0 Å². The second-order valence-electron chi connectivity index (χ2n) is 22.3. The molecule has 0 N–H and O–H groups in total. The predicted octanol–water partition coefficient (Wildman–Crippen LogP) is 14.7. The summed E-state index contributed by atoms with van der Waals surface area (Å²) in [6, 6.07) is 38.0. The molecule has 0 aliphatic rings. The Labute approximate surface area is 357 Å². The number of hydrogen-bond acceptors (Lipinski definition) is 0. The molecular weight excluding hydrogens is 859 g/mol. The summed E-state index contributed by atoms with van der Waals surface area (Å²) in [6.07, 6.45) is 0. The van der Waals surface area contributed by atoms with Gasteiger partial charge < -0.3 is 0 Å². The van der Waals surface area contributed by atoms with Crippen molar-refractivity contribution >= 4 is 48.1 Å². The van der Waals surface area contributed by atoms with Crippen LogP contribution < -0.4 is 10.4 Å². The van der Waals surface area contributed by atoms with Crippen molar-refractivity contribution < 1.29 is 25.8 Å². The van der Waals surface area contributed by atoms with Crippen LogP contribution in [0.4, 0.5) is 0 Å². The molecule has 55 heavy (non-hydrogen) atoms. The Morgan fingerprint density at radius 2 is 0.636 bits per heavy atom. The third-order valence-corrected chi connectivity index (χ3v) is 15.2. The van der Waals surface area contributed by atoms with Gasteiger partial charge in [0.05, 0.1) is 16.1 Å². The molecule has 288 valence electrons. The van der Waals surface area contributed by atoms with Gasteiger partial charge in [-0.25, -0.2) is 0 Å². The van der Waals surface area contributed by atoms with Crippen LogP contribution in [-0.2, 0) is 47.5 Å². The van der Waals surface area contributed by atoms with Crippen LogP contribution in [-0.4, -0.2) is 16.1 Å². The minimum Gasteiger partial charge on any atom is -0.145 e. The largest absolute Gasteiger partial charge is 4.00 e. The van der Waals surface area contributed by atoms with E-state index in [1.54, 1.807) is 0 Å². The Morgan fingerprint density at radius 3 is 0.873 bits per heavy atom. The zero-order valence-corrected chi connectivity index (χ0v) is 43.3. The molecule has 3 heteroatoms. The molecular formula is C52H70HfSi2+2. The van der Waals surface area contributed by atoms with Crippen LogP contribution in [0.15, 0.2) is 97.1 Å². The second kappa shape index (κ2) is 15.6. The first kappa shape index (κ1) is 45.1. The van der Waals surface area contributed by atoms with Gasteiger partial charge in [-0.1, -0.05) is 205 Å². The molecule has 6 aromatic rings. The SMILES string of the molecule is CC(C)(C)c1cc(-c2cc3cc([Si](C)(C)C)ccc3[cH-]2)cc(C(C)(C)C)c1.CC(C)(C)c1cc(-c2cc3cc([Si](C)(C)C)ccc3[cH-]2)cc(C(C)(C)C)c1.[Hf+4]. The third-order valence-electron chi connectivity index (χ3n) is 11.1. The van der Waals surface area contributed by atoms with Crippen LogP contribution in [0.2, 0.25) is 39.3 Å². The Hall–Kier alpha value is -2.60. The Balaban J connectivity index is 0.000000240. The van der Waals surface area contributed by atoms with E-state index >= 15 is 0 Å². The van der Waals surface area contributed by atoms with E-state index in [9.17, 15) is 0 Å². The molecule has 6 rings (SSSR count). The predicted molar refractivity (Wildman–Crippen MR) is 251 cm³/mol. The van der Waals surface area contributed by atoms with Crippen molar-refractivity contribution in [3.05, 3.63) is 119 Å². The van der Waals surface area contributed by atoms with Crippen molar-refractivity contribution in [2.45, 2.75) is 144 Å². The molecule has 0 aliphatic carbocycles. The average Bonchev–Trinajstić information content (AvgIpc) is 3.66. The Kier molecular flexibility index (Phi) is 12.8. The monoisotopic (exact) mass is 930 g/mol. The standard InChI is InChI=1S/2C26H35Si.Hf/c2*1-25(2,3)22-14-21(15-23(17-22)26(4,5)6)19-12-18-10-11-24(27(7,8)9)16-20(18)13-19;/h2*10-17H,1-9H3;/q2*-1;+4. The maximum Gasteiger partial charge on any atom is 4.00 e. The van der Waals surface area contributed by atoms with Crippen molar-refractivity contribution in [2.24, 2.45) is 0 Å². The molecule has 0 radical (unpaired) electrons. The maximum atomic E-state index is 2.42. The molecule has 0 heterocycles. The molecule has 0 aliphatic heterocycles. The van der Waals surface area contributed by atoms with Crippen molar-refractivity contribution in [2.75, 3.05) is 0 Å². The Bertz CT molecular complexity index is 2040. The van der Waals surface area contributed by atoms with Crippen LogP contribution in [0.3, 0.4) is 0 Å². The van der Waals surface area contributed by atoms with Gasteiger partial charge in [-0.05, 0) is 43.9 Å². The fourth-order valence-corrected chi connectivity index (χ4v) is 9.35. The average molecular weight is 930 g/mol. The summed E-state index contributed by atoms with van der Waals surface area (Å²) in [7, 11) is -2.58. The van der Waals surface area contributed by atoms with Crippen LogP contribution in [0.25, 0.3) is 43.8 Å². The fourth-order valence-electron chi connectivity index (χ4n) is 7.00. The van der Waals surface area contributed by atoms with Gasteiger partial charge in [-0.2, -0.15) is 0 Å². The third kappa shape index (κ3) is 10.9. The van der Waals surface area contributed by atoms with E-state index < -0.39 is 16.1 Å². The molecule has 0 atom stereocenters. The van der Waals surface area contributed by atoms with Gasteiger partial charge in [0.1, 0.15) is 0 Å². The van der Waals surface area contributed by atoms with Gasteiger partial charge in [0.15, 0.2) is 0 Å². The molecule has 0 aromatic heterocycles. The number of fused-ring (bicyclic) bond motifs is 2. The van der Waals surface area contributed by atoms with Gasteiger partial charge in [0.25, 0.3) is 0 Å². The summed E-state index contributed by atoms with van der Waals surface area (Å²) in [6.45, 7) is 42.2. The van der Waals surface area contributed by atoms with Gasteiger partial charge in [-0.3, -0.25) is 0 Å². The summed E-state index contributed by atoms with van der Waals surface area (Å²) >= 11 is 0. The molecule has 0 unspecified atom stereocenters. The van der Waals surface area contributed by atoms with E-state index in [2.05, 4.69) is 219 Å². The van der Waals surface area contributed by atoms with E-state index in [0.29, 0.717) is 0 Å². The quantitative estimate of drug-likeness (QED) is 0.122. The molecule has 0 nitrogen and oxygen atoms in total. The zero-order valence-electron chi connectivity index (χ0n) is 37.7. The van der Waals surface area contributed by atoms with Crippen LogP contribution in [0.1, 0.15) is 105 Å². The minimum atomic E-state index is -1.29. The number of hydrogen-bond donors (Lipinski definition) is 0. The van der Waals surface area contributed by atoms with Gasteiger partial charge >= 0.3 is 25.8 Å². The van der Waals surface area contributed by atoms with Gasteiger partial charge in [-0.15, -0.1) is 69.1 Å². The van der Waals surface area contributed by atoms with E-state index in [1.165, 1.54) is 76.4 Å². The Morgan fingerprint density at radius 1 is 0.364 bits per heavy atom. The first-order valence-corrected chi connectivity index (χ1v) is 27.2. The summed E-state index contributed by atoms with van der Waals surface area (Å²) in [5.41, 5.74) is 11.6. The first-order chi connectivity index (χ1) is 24.5. The van der Waals surface area contributed by atoms with Crippen molar-refractivity contribution in [3.8, 4) is 22.3 Å². The number of benzene rings is 4. The van der Waals surface area contributed by atoms with Crippen molar-refractivity contribution in [1.29, 1.82) is 0 Å². The molecule has 0 saturated carbocycles. The molecule has 0 spiro atoms. The molecule has 0 bridgehead atoms. The summed E-state index contributed by atoms with van der Waals surface area (Å²) in [5.74, 6) is 0. The van der Waals surface area contributed by atoms with E-state index in [-0.39, 0.29) is 47.5 Å². The molecule has 6 aromatic carbocycles. The van der Waals surface area contributed by atoms with E-state index in [4.69, 9.17) is 0 Å². The van der Waals surface area contributed by atoms with Crippen LogP contribution >= 0.6 is 0 Å². The fraction of sp³-hybridized carbons (Fsp3) is 0.423. The topological polar surface area (TPSA) is 0 Å². The van der Waals surface area contributed by atoms with E-state index in [0.717, 1.165) is 0 Å². The first-order valence-electron chi connectivity index (χ1n) is 20.2. The van der Waals surface area contributed by atoms with Gasteiger partial charge in [0, 0.05) is 0 Å². The second-order valence-corrected chi connectivity index (χ2v) is 32.4. The molecule has 0 fully saturated rings. The molecule has 0 amide bonds. The summed E-state index contributed by atoms with van der Waals surface area (Å²) in [5, 5.41) is 8.53. The van der Waals surface area contributed by atoms with Crippen molar-refractivity contribution in [1.82, 2.24) is 0 Å². The van der Waals surface area contributed by atoms with Crippen molar-refractivity contribution in [3.63, 3.8) is 0 Å². The minimum absolute atomic E-state index is 0. The summed E-state index contributed by atoms with van der Waals surface area (Å²) in [4.78, 5) is 0. The van der Waals surface area contributed by atoms with E-state index in [1.807, 2.05) is 0 Å². The maximum absolute atomic E-state index is 2.42. The smallest absolute Gasteiger partial charge is 0.145 e. The molecule has 0 saturated heterocycles. The summed E-state index contributed by atoms with van der Waals surface area (Å²) < 4.78 is 0. The normalized spacial score (nSPS) is 13.1.